The highest BCUT2D eigenvalue weighted by molar-refractivity contribution is 7.18. The number of fused-ring (bicyclic) bond motifs is 1. The fourth-order valence-electron chi connectivity index (χ4n) is 2.69. The van der Waals surface area contributed by atoms with E-state index in [-0.39, 0.29) is 5.56 Å². The van der Waals surface area contributed by atoms with Gasteiger partial charge in [-0.25, -0.2) is 14.8 Å². The smallest absolute Gasteiger partial charge is 0.335 e. The summed E-state index contributed by atoms with van der Waals surface area (Å²) in [5.41, 5.74) is 1.97. The van der Waals surface area contributed by atoms with E-state index in [4.69, 9.17) is 15.1 Å². The fourth-order valence-corrected chi connectivity index (χ4v) is 3.57. The van der Waals surface area contributed by atoms with E-state index in [9.17, 15) is 4.79 Å². The number of aryl methyl sites for hydroxylation is 1. The lowest BCUT2D eigenvalue weighted by molar-refractivity contribution is 0.0697. The summed E-state index contributed by atoms with van der Waals surface area (Å²) in [6.45, 7) is 2.04. The van der Waals surface area contributed by atoms with Gasteiger partial charge in [0.15, 0.2) is 5.82 Å². The maximum absolute atomic E-state index is 11.0. The quantitative estimate of drug-likeness (QED) is 0.528. The number of rotatable bonds is 4. The number of nitrogens with one attached hydrogen (secondary N) is 1. The number of hydrogen-bond donors (Lipinski definition) is 2. The predicted octanol–water partition coefficient (Wildman–Crippen LogP) is 5.11. The number of aromatic carboxylic acids is 1. The van der Waals surface area contributed by atoms with E-state index in [0.29, 0.717) is 11.6 Å². The summed E-state index contributed by atoms with van der Waals surface area (Å²) < 4.78 is 0. The van der Waals surface area contributed by atoms with Crippen LogP contribution in [0, 0.1) is 6.92 Å². The zero-order valence-electron chi connectivity index (χ0n) is 13.9. The Bertz CT molecular complexity index is 1090. The van der Waals surface area contributed by atoms with Crippen molar-refractivity contribution in [3.8, 4) is 11.4 Å². The molecule has 4 aromatic rings. The Kier molecular flexibility index (Phi) is 4.10. The molecule has 2 aromatic carbocycles. The number of benzene rings is 2. The van der Waals surface area contributed by atoms with Crippen molar-refractivity contribution >= 4 is 39.0 Å². The SMILES string of the molecule is Cc1cc2c(Nc3ccc(C(=O)O)cc3)nc(-c3ccccc3)nc2s1. The Hall–Kier alpha value is -3.25. The number of nitrogens with zero attached hydrogens (tertiary/aromatic N) is 2. The van der Waals surface area contributed by atoms with Crippen molar-refractivity contribution in [1.29, 1.82) is 0 Å². The van der Waals surface area contributed by atoms with E-state index in [1.807, 2.05) is 37.3 Å². The minimum Gasteiger partial charge on any atom is -0.478 e. The highest BCUT2D eigenvalue weighted by atomic mass is 32.1. The van der Waals surface area contributed by atoms with Gasteiger partial charge in [-0.05, 0) is 37.3 Å². The standard InChI is InChI=1S/C20H15N3O2S/c1-12-11-16-18(21-15-9-7-14(8-10-15)20(24)25)22-17(23-19(16)26-12)13-5-3-2-4-6-13/h2-11H,1H3,(H,24,25)(H,21,22,23). The highest BCUT2D eigenvalue weighted by Gasteiger charge is 2.12. The van der Waals surface area contributed by atoms with Crippen LogP contribution in [0.3, 0.4) is 0 Å². The predicted molar refractivity (Wildman–Crippen MR) is 104 cm³/mol. The summed E-state index contributed by atoms with van der Waals surface area (Å²) in [7, 11) is 0. The Morgan fingerprint density at radius 1 is 1.04 bits per heavy atom. The van der Waals surface area contributed by atoms with Gasteiger partial charge in [0.1, 0.15) is 10.6 Å². The molecular weight excluding hydrogens is 346 g/mol. The van der Waals surface area contributed by atoms with Crippen molar-refractivity contribution in [3.63, 3.8) is 0 Å². The van der Waals surface area contributed by atoms with Gasteiger partial charge in [-0.3, -0.25) is 0 Å². The normalized spacial score (nSPS) is 10.8. The molecule has 0 fully saturated rings. The molecule has 0 aliphatic carbocycles. The van der Waals surface area contributed by atoms with Crippen LogP contribution >= 0.6 is 11.3 Å². The van der Waals surface area contributed by atoms with Crippen LogP contribution in [-0.2, 0) is 0 Å². The Morgan fingerprint density at radius 3 is 2.46 bits per heavy atom. The molecular formula is C20H15N3O2S. The van der Waals surface area contributed by atoms with E-state index in [0.717, 1.165) is 26.3 Å². The zero-order chi connectivity index (χ0) is 18.1. The number of anilines is 2. The minimum atomic E-state index is -0.944. The van der Waals surface area contributed by atoms with E-state index < -0.39 is 5.97 Å². The van der Waals surface area contributed by atoms with Crippen LogP contribution in [-0.4, -0.2) is 21.0 Å². The molecule has 0 bridgehead atoms. The second-order valence-electron chi connectivity index (χ2n) is 5.85. The van der Waals surface area contributed by atoms with Crippen LogP contribution in [0.15, 0.2) is 60.7 Å². The van der Waals surface area contributed by atoms with Gasteiger partial charge in [-0.2, -0.15) is 0 Å². The monoisotopic (exact) mass is 361 g/mol. The molecule has 0 radical (unpaired) electrons. The Labute approximate surface area is 154 Å². The molecule has 0 saturated heterocycles. The van der Waals surface area contributed by atoms with Crippen LogP contribution in [0.2, 0.25) is 0 Å². The Morgan fingerprint density at radius 2 is 1.77 bits per heavy atom. The molecule has 5 nitrogen and oxygen atoms in total. The molecule has 2 aromatic heterocycles. The van der Waals surface area contributed by atoms with Crippen LogP contribution in [0.4, 0.5) is 11.5 Å². The van der Waals surface area contributed by atoms with Gasteiger partial charge < -0.3 is 10.4 Å². The van der Waals surface area contributed by atoms with E-state index >= 15 is 0 Å². The Balaban J connectivity index is 1.78. The molecule has 128 valence electrons. The molecule has 0 unspecified atom stereocenters. The molecule has 6 heteroatoms. The number of hydrogen-bond acceptors (Lipinski definition) is 5. The summed E-state index contributed by atoms with van der Waals surface area (Å²) in [6.07, 6.45) is 0. The van der Waals surface area contributed by atoms with Gasteiger partial charge in [-0.1, -0.05) is 30.3 Å². The third-order valence-electron chi connectivity index (χ3n) is 3.94. The van der Waals surface area contributed by atoms with Gasteiger partial charge in [0.05, 0.1) is 10.9 Å². The topological polar surface area (TPSA) is 75.1 Å². The van der Waals surface area contributed by atoms with Crippen molar-refractivity contribution in [2.45, 2.75) is 6.92 Å². The largest absolute Gasteiger partial charge is 0.478 e. The molecule has 0 spiro atoms. The molecule has 0 aliphatic rings. The lowest BCUT2D eigenvalue weighted by Gasteiger charge is -2.09. The number of carboxylic acids is 1. The third kappa shape index (κ3) is 3.14. The molecule has 2 N–H and O–H groups in total. The van der Waals surface area contributed by atoms with Crippen LogP contribution in [0.25, 0.3) is 21.6 Å². The van der Waals surface area contributed by atoms with Crippen molar-refractivity contribution in [1.82, 2.24) is 9.97 Å². The molecule has 0 atom stereocenters. The first-order valence-electron chi connectivity index (χ1n) is 8.04. The van der Waals surface area contributed by atoms with Crippen molar-refractivity contribution < 1.29 is 9.90 Å². The molecule has 26 heavy (non-hydrogen) atoms. The van der Waals surface area contributed by atoms with Crippen LogP contribution < -0.4 is 5.32 Å². The molecule has 4 rings (SSSR count). The van der Waals surface area contributed by atoms with E-state index in [1.165, 1.54) is 0 Å². The first-order valence-corrected chi connectivity index (χ1v) is 8.86. The van der Waals surface area contributed by atoms with Gasteiger partial charge in [-0.15, -0.1) is 11.3 Å². The number of thiophene rings is 1. The van der Waals surface area contributed by atoms with Crippen molar-refractivity contribution in [3.05, 3.63) is 71.1 Å². The van der Waals surface area contributed by atoms with E-state index in [1.54, 1.807) is 35.6 Å². The second-order valence-corrected chi connectivity index (χ2v) is 7.08. The number of carbonyl (C=O) groups is 1. The zero-order valence-corrected chi connectivity index (χ0v) is 14.7. The van der Waals surface area contributed by atoms with E-state index in [2.05, 4.69) is 11.4 Å². The third-order valence-corrected chi connectivity index (χ3v) is 4.89. The lowest BCUT2D eigenvalue weighted by Crippen LogP contribution is -1.99. The first kappa shape index (κ1) is 16.2. The molecule has 2 heterocycles. The lowest BCUT2D eigenvalue weighted by atomic mass is 10.2. The summed E-state index contributed by atoms with van der Waals surface area (Å²) in [4.78, 5) is 22.5. The second kappa shape index (κ2) is 6.57. The summed E-state index contributed by atoms with van der Waals surface area (Å²) in [5.74, 6) is 0.423. The number of carboxylic acid groups (broad SMARTS) is 1. The van der Waals surface area contributed by atoms with Crippen LogP contribution in [0.1, 0.15) is 15.2 Å². The average molecular weight is 361 g/mol. The molecule has 0 aliphatic heterocycles. The van der Waals surface area contributed by atoms with Gasteiger partial charge in [0.25, 0.3) is 0 Å². The number of aromatic nitrogens is 2. The fraction of sp³-hybridized carbons (Fsp3) is 0.0500. The van der Waals surface area contributed by atoms with Crippen molar-refractivity contribution in [2.24, 2.45) is 0 Å². The highest BCUT2D eigenvalue weighted by Crippen LogP contribution is 2.32. The maximum Gasteiger partial charge on any atom is 0.335 e. The first-order chi connectivity index (χ1) is 12.6. The van der Waals surface area contributed by atoms with Crippen LogP contribution in [0.5, 0.6) is 0 Å². The van der Waals surface area contributed by atoms with Crippen molar-refractivity contribution in [2.75, 3.05) is 5.32 Å². The molecule has 0 amide bonds. The van der Waals surface area contributed by atoms with Gasteiger partial charge in [0.2, 0.25) is 0 Å². The summed E-state index contributed by atoms with van der Waals surface area (Å²) in [6, 6.07) is 18.5. The summed E-state index contributed by atoms with van der Waals surface area (Å²) in [5, 5.41) is 13.3. The average Bonchev–Trinajstić information content (AvgIpc) is 3.03. The molecule has 0 saturated carbocycles. The minimum absolute atomic E-state index is 0.250. The van der Waals surface area contributed by atoms with Gasteiger partial charge in [0, 0.05) is 16.1 Å². The maximum atomic E-state index is 11.0. The van der Waals surface area contributed by atoms with Gasteiger partial charge >= 0.3 is 5.97 Å². The summed E-state index contributed by atoms with van der Waals surface area (Å²) >= 11 is 1.62.